The lowest BCUT2D eigenvalue weighted by Gasteiger charge is -2.39. The lowest BCUT2D eigenvalue weighted by molar-refractivity contribution is -0.0500. The molecular formula is C36H33F3N2O7S. The second-order valence-corrected chi connectivity index (χ2v) is 14.5. The summed E-state index contributed by atoms with van der Waals surface area (Å²) in [5.74, 6) is 2.61. The van der Waals surface area contributed by atoms with Gasteiger partial charge in [-0.3, -0.25) is 9.80 Å². The minimum Gasteiger partial charge on any atom is -0.493 e. The van der Waals surface area contributed by atoms with Crippen LogP contribution in [0.1, 0.15) is 45.5 Å². The smallest absolute Gasteiger partial charge is 0.493 e. The van der Waals surface area contributed by atoms with E-state index in [-0.39, 0.29) is 17.8 Å². The van der Waals surface area contributed by atoms with Crippen LogP contribution in [0.15, 0.2) is 60.7 Å². The molecular weight excluding hydrogens is 661 g/mol. The molecule has 5 aliphatic heterocycles. The molecule has 13 heteroatoms. The van der Waals surface area contributed by atoms with Crippen LogP contribution in [0.25, 0.3) is 0 Å². The number of ether oxygens (including phenoxy) is 4. The van der Waals surface area contributed by atoms with E-state index in [9.17, 15) is 21.6 Å². The van der Waals surface area contributed by atoms with Crippen LogP contribution < -0.4 is 23.1 Å². The number of hydrogen-bond acceptors (Lipinski definition) is 9. The van der Waals surface area contributed by atoms with Crippen molar-refractivity contribution in [3.63, 3.8) is 0 Å². The van der Waals surface area contributed by atoms with Crippen LogP contribution in [0.4, 0.5) is 13.2 Å². The van der Waals surface area contributed by atoms with Gasteiger partial charge in [-0.15, -0.1) is 0 Å². The van der Waals surface area contributed by atoms with E-state index in [1.807, 2.05) is 37.4 Å². The van der Waals surface area contributed by atoms with Gasteiger partial charge >= 0.3 is 15.6 Å². The first-order chi connectivity index (χ1) is 23.4. The third-order valence-corrected chi connectivity index (χ3v) is 10.9. The van der Waals surface area contributed by atoms with E-state index in [4.69, 9.17) is 18.9 Å². The predicted molar refractivity (Wildman–Crippen MR) is 174 cm³/mol. The van der Waals surface area contributed by atoms with Gasteiger partial charge in [-0.25, -0.2) is 0 Å². The van der Waals surface area contributed by atoms with Gasteiger partial charge in [0, 0.05) is 30.7 Å². The Kier molecular flexibility index (Phi) is 7.50. The van der Waals surface area contributed by atoms with Crippen LogP contribution in [-0.4, -0.2) is 58.0 Å². The van der Waals surface area contributed by atoms with E-state index in [0.717, 1.165) is 53.7 Å². The molecule has 0 amide bonds. The molecule has 4 aromatic rings. The van der Waals surface area contributed by atoms with Crippen molar-refractivity contribution in [1.29, 1.82) is 0 Å². The van der Waals surface area contributed by atoms with Crippen molar-refractivity contribution in [2.75, 3.05) is 34.3 Å². The molecule has 0 saturated heterocycles. The number of alkyl halides is 3. The Morgan fingerprint density at radius 1 is 0.735 bits per heavy atom. The SMILES string of the molecule is COc1cc2c3c4c1Oc1cc5c(cc1O4)[C@H](Cc1ccc(OS(=O)(=O)C(F)(F)F)c(c1)Oc1ccc(cc1)C[C@@H]3N(C)CC2)N(C)CC5. The lowest BCUT2D eigenvalue weighted by Crippen LogP contribution is -2.34. The van der Waals surface area contributed by atoms with Gasteiger partial charge in [0.15, 0.2) is 34.5 Å². The van der Waals surface area contributed by atoms with Gasteiger partial charge < -0.3 is 23.1 Å². The molecule has 0 aliphatic carbocycles. The number of rotatable bonds is 3. The minimum atomic E-state index is -5.94. The molecule has 256 valence electrons. The summed E-state index contributed by atoms with van der Waals surface area (Å²) < 4.78 is 93.9. The summed E-state index contributed by atoms with van der Waals surface area (Å²) in [4.78, 5) is 4.49. The predicted octanol–water partition coefficient (Wildman–Crippen LogP) is 7.47. The average Bonchev–Trinajstić information content (AvgIpc) is 3.06. The van der Waals surface area contributed by atoms with Gasteiger partial charge in [-0.2, -0.15) is 21.6 Å². The molecule has 0 fully saturated rings. The van der Waals surface area contributed by atoms with Crippen molar-refractivity contribution in [2.24, 2.45) is 0 Å². The Bertz CT molecular complexity index is 2090. The zero-order valence-corrected chi connectivity index (χ0v) is 27.8. The number of fused-ring (bicyclic) bond motifs is 2. The Morgan fingerprint density at radius 2 is 1.39 bits per heavy atom. The highest BCUT2D eigenvalue weighted by Crippen LogP contribution is 2.56. The van der Waals surface area contributed by atoms with Gasteiger partial charge in [-0.05, 0) is 110 Å². The first-order valence-corrected chi connectivity index (χ1v) is 17.4. The topological polar surface area (TPSA) is 86.8 Å². The van der Waals surface area contributed by atoms with Crippen LogP contribution in [0.5, 0.6) is 46.0 Å². The third kappa shape index (κ3) is 5.53. The maximum absolute atomic E-state index is 13.3. The highest BCUT2D eigenvalue weighted by atomic mass is 32.2. The molecule has 49 heavy (non-hydrogen) atoms. The summed E-state index contributed by atoms with van der Waals surface area (Å²) in [5.41, 5.74) is 0.351. The Balaban J connectivity index is 1.29. The molecule has 0 radical (unpaired) electrons. The Morgan fingerprint density at radius 3 is 2.12 bits per heavy atom. The second kappa shape index (κ2) is 11.6. The highest BCUT2D eigenvalue weighted by Gasteiger charge is 2.49. The summed E-state index contributed by atoms with van der Waals surface area (Å²) in [6, 6.07) is 17.3. The number of likely N-dealkylation sites (N-methyl/N-ethyl adjacent to an activating group) is 2. The molecule has 9 nitrogen and oxygen atoms in total. The number of methoxy groups -OCH3 is 1. The van der Waals surface area contributed by atoms with Gasteiger partial charge in [0.2, 0.25) is 5.75 Å². The monoisotopic (exact) mass is 694 g/mol. The minimum absolute atomic E-state index is 0.0695. The van der Waals surface area contributed by atoms with Crippen LogP contribution >= 0.6 is 0 Å². The summed E-state index contributed by atoms with van der Waals surface area (Å²) in [5, 5.41) is 0. The molecule has 5 heterocycles. The maximum Gasteiger partial charge on any atom is 0.534 e. The molecule has 9 rings (SSSR count). The fourth-order valence-electron chi connectivity index (χ4n) is 7.27. The summed E-state index contributed by atoms with van der Waals surface area (Å²) in [6.07, 6.45) is 2.63. The molecule has 0 N–H and O–H groups in total. The molecule has 4 aromatic carbocycles. The van der Waals surface area contributed by atoms with Gasteiger partial charge in [0.1, 0.15) is 5.75 Å². The van der Waals surface area contributed by atoms with Crippen LogP contribution in [0.3, 0.4) is 0 Å². The number of halogens is 3. The normalized spacial score (nSPS) is 20.0. The van der Waals surface area contributed by atoms with E-state index >= 15 is 0 Å². The van der Waals surface area contributed by atoms with Gasteiger partial charge in [0.25, 0.3) is 0 Å². The molecule has 7 bridgehead atoms. The standard InChI is InChI=1S/C36H33F3N2O7S/c1-40-12-10-22-17-30-31-19-25(22)26(40)15-21-6-9-28(48-49(42,43)36(37,38)39)29(16-21)45-24-7-4-20(5-8-24)14-27-33-23(11-13-41(27)2)18-32(44-3)34(46-30)35(33)47-31/h4-9,16-19,26-27H,10-15H2,1-3H3/t26-,27-/m0/s1. The van der Waals surface area contributed by atoms with Gasteiger partial charge in [0.05, 0.1) is 7.11 Å². The number of benzene rings is 4. The molecule has 0 unspecified atom stereocenters. The fourth-order valence-corrected chi connectivity index (χ4v) is 7.74. The maximum atomic E-state index is 13.3. The Hall–Kier alpha value is -4.46. The van der Waals surface area contributed by atoms with E-state index < -0.39 is 21.4 Å². The fraction of sp³-hybridized carbons (Fsp3) is 0.333. The number of hydrogen-bond donors (Lipinski definition) is 0. The van der Waals surface area contributed by atoms with Gasteiger partial charge in [-0.1, -0.05) is 18.2 Å². The average molecular weight is 695 g/mol. The van der Waals surface area contributed by atoms with E-state index in [1.165, 1.54) is 12.1 Å². The van der Waals surface area contributed by atoms with Crippen LogP contribution in [-0.2, 0) is 35.8 Å². The zero-order valence-electron chi connectivity index (χ0n) is 27.0. The van der Waals surface area contributed by atoms with Crippen molar-refractivity contribution in [3.05, 3.63) is 94.0 Å². The third-order valence-electron chi connectivity index (χ3n) is 9.90. The van der Waals surface area contributed by atoms with Crippen LogP contribution in [0, 0.1) is 0 Å². The van der Waals surface area contributed by atoms with E-state index in [2.05, 4.69) is 21.0 Å². The van der Waals surface area contributed by atoms with E-state index in [1.54, 1.807) is 25.3 Å². The molecule has 0 saturated carbocycles. The molecule has 0 spiro atoms. The Labute approximate surface area is 281 Å². The second-order valence-electron chi connectivity index (χ2n) is 12.9. The summed E-state index contributed by atoms with van der Waals surface area (Å²) in [6.45, 7) is 1.57. The zero-order chi connectivity index (χ0) is 34.2. The van der Waals surface area contributed by atoms with Crippen molar-refractivity contribution in [2.45, 2.75) is 43.3 Å². The quantitative estimate of drug-likeness (QED) is 0.141. The summed E-state index contributed by atoms with van der Waals surface area (Å²) in [7, 11) is -0.216. The molecule has 0 aromatic heterocycles. The van der Waals surface area contributed by atoms with Crippen molar-refractivity contribution < 1.29 is 44.7 Å². The van der Waals surface area contributed by atoms with Crippen molar-refractivity contribution in [1.82, 2.24) is 9.80 Å². The van der Waals surface area contributed by atoms with Crippen LogP contribution in [0.2, 0.25) is 0 Å². The highest BCUT2D eigenvalue weighted by molar-refractivity contribution is 7.88. The number of nitrogens with zero attached hydrogens (tertiary/aromatic N) is 2. The summed E-state index contributed by atoms with van der Waals surface area (Å²) >= 11 is 0. The van der Waals surface area contributed by atoms with Crippen molar-refractivity contribution >= 4 is 10.1 Å². The van der Waals surface area contributed by atoms with Crippen molar-refractivity contribution in [3.8, 4) is 46.0 Å². The largest absolute Gasteiger partial charge is 0.534 e. The molecule has 5 aliphatic rings. The first kappa shape index (κ1) is 31.8. The lowest BCUT2D eigenvalue weighted by atomic mass is 9.86. The molecule has 2 atom stereocenters. The van der Waals surface area contributed by atoms with E-state index in [0.29, 0.717) is 52.9 Å². The first-order valence-electron chi connectivity index (χ1n) is 16.0.